The lowest BCUT2D eigenvalue weighted by Gasteiger charge is -2.24. The van der Waals surface area contributed by atoms with E-state index in [-0.39, 0.29) is 0 Å². The fourth-order valence-electron chi connectivity index (χ4n) is 8.11. The van der Waals surface area contributed by atoms with Crippen molar-refractivity contribution in [2.45, 2.75) is 6.42 Å². The van der Waals surface area contributed by atoms with Gasteiger partial charge in [-0.3, -0.25) is 0 Å². The van der Waals surface area contributed by atoms with E-state index in [2.05, 4.69) is 150 Å². The van der Waals surface area contributed by atoms with Gasteiger partial charge in [-0.2, -0.15) is 0 Å². The molecule has 0 fully saturated rings. The Hall–Kier alpha value is -6.43. The smallest absolute Gasteiger partial charge is 0.164 e. The molecular formula is C47H30N4S. The van der Waals surface area contributed by atoms with Crippen molar-refractivity contribution in [3.63, 3.8) is 0 Å². The van der Waals surface area contributed by atoms with Crippen molar-refractivity contribution in [1.82, 2.24) is 19.5 Å². The van der Waals surface area contributed by atoms with E-state index >= 15 is 0 Å². The van der Waals surface area contributed by atoms with Crippen molar-refractivity contribution >= 4 is 59.3 Å². The molecule has 5 heteroatoms. The van der Waals surface area contributed by atoms with E-state index in [1.54, 1.807) is 0 Å². The summed E-state index contributed by atoms with van der Waals surface area (Å²) in [5, 5.41) is 6.31. The van der Waals surface area contributed by atoms with Crippen molar-refractivity contribution in [2.24, 2.45) is 5.92 Å². The van der Waals surface area contributed by atoms with Gasteiger partial charge in [-0.25, -0.2) is 15.0 Å². The van der Waals surface area contributed by atoms with E-state index in [9.17, 15) is 0 Å². The lowest BCUT2D eigenvalue weighted by molar-refractivity contribution is 0.726. The number of aromatic nitrogens is 4. The van der Waals surface area contributed by atoms with Crippen LogP contribution in [0.1, 0.15) is 11.3 Å². The first-order chi connectivity index (χ1) is 25.7. The molecule has 244 valence electrons. The third-order valence-electron chi connectivity index (χ3n) is 10.6. The van der Waals surface area contributed by atoms with Crippen LogP contribution in [0.5, 0.6) is 0 Å². The Morgan fingerprint density at radius 2 is 1.31 bits per heavy atom. The molecule has 1 unspecified atom stereocenters. The fraction of sp³-hybridized carbons (Fsp3) is 0.0426. The molecule has 0 radical (unpaired) electrons. The molecule has 0 spiro atoms. The van der Waals surface area contributed by atoms with E-state index in [0.29, 0.717) is 23.4 Å². The zero-order chi connectivity index (χ0) is 34.2. The Balaban J connectivity index is 1.11. The summed E-state index contributed by atoms with van der Waals surface area (Å²) in [6.45, 7) is 0. The maximum Gasteiger partial charge on any atom is 0.164 e. The molecule has 0 amide bonds. The molecule has 3 heterocycles. The Morgan fingerprint density at radius 3 is 2.19 bits per heavy atom. The molecule has 0 bridgehead atoms. The molecule has 2 aliphatic carbocycles. The highest BCUT2D eigenvalue weighted by Gasteiger charge is 2.27. The lowest BCUT2D eigenvalue weighted by Crippen LogP contribution is -2.14. The van der Waals surface area contributed by atoms with E-state index in [0.717, 1.165) is 28.8 Å². The van der Waals surface area contributed by atoms with Crippen LogP contribution in [-0.4, -0.2) is 19.5 Å². The van der Waals surface area contributed by atoms with Crippen LogP contribution >= 0.6 is 11.3 Å². The monoisotopic (exact) mass is 682 g/mol. The van der Waals surface area contributed by atoms with Gasteiger partial charge in [-0.15, -0.1) is 11.3 Å². The Morgan fingerprint density at radius 1 is 0.577 bits per heavy atom. The highest BCUT2D eigenvalue weighted by Crippen LogP contribution is 2.43. The minimum Gasteiger partial charge on any atom is -0.313 e. The number of hydrogen-bond acceptors (Lipinski definition) is 4. The van der Waals surface area contributed by atoms with Crippen LogP contribution in [0.3, 0.4) is 0 Å². The van der Waals surface area contributed by atoms with Crippen molar-refractivity contribution in [2.75, 3.05) is 0 Å². The lowest BCUT2D eigenvalue weighted by atomic mass is 9.83. The van der Waals surface area contributed by atoms with Gasteiger partial charge < -0.3 is 4.57 Å². The third-order valence-corrected chi connectivity index (χ3v) is 11.7. The SMILES string of the molecule is C1=CC2=Cc3c(n(-c4cccc(-c5nc(-c6ccccc6)nc(-c6ccc7sc8ccccc8c7c6)n5)c4)c4ccc5ccccc5c34)CC2C=C1. The van der Waals surface area contributed by atoms with Gasteiger partial charge in [-0.1, -0.05) is 115 Å². The molecule has 0 aliphatic heterocycles. The first kappa shape index (κ1) is 29.3. The van der Waals surface area contributed by atoms with Crippen LogP contribution in [0.15, 0.2) is 163 Å². The maximum absolute atomic E-state index is 5.18. The quantitative estimate of drug-likeness (QED) is 0.186. The normalized spacial score (nSPS) is 15.0. The largest absolute Gasteiger partial charge is 0.313 e. The molecule has 4 nitrogen and oxygen atoms in total. The molecule has 9 aromatic rings. The molecule has 2 aliphatic rings. The van der Waals surface area contributed by atoms with Gasteiger partial charge in [0.05, 0.1) is 5.52 Å². The van der Waals surface area contributed by atoms with Crippen LogP contribution in [-0.2, 0) is 6.42 Å². The molecule has 1 atom stereocenters. The van der Waals surface area contributed by atoms with Gasteiger partial charge in [0.25, 0.3) is 0 Å². The van der Waals surface area contributed by atoms with E-state index in [1.165, 1.54) is 58.7 Å². The van der Waals surface area contributed by atoms with Crippen molar-refractivity contribution in [3.05, 3.63) is 175 Å². The molecule has 0 saturated carbocycles. The van der Waals surface area contributed by atoms with Crippen LogP contribution in [0, 0.1) is 5.92 Å². The van der Waals surface area contributed by atoms with Gasteiger partial charge in [0.2, 0.25) is 0 Å². The molecule has 0 N–H and O–H groups in total. The van der Waals surface area contributed by atoms with Crippen LogP contribution < -0.4 is 0 Å². The Labute approximate surface area is 304 Å². The highest BCUT2D eigenvalue weighted by molar-refractivity contribution is 7.25. The van der Waals surface area contributed by atoms with Crippen molar-refractivity contribution in [1.29, 1.82) is 0 Å². The average molecular weight is 683 g/mol. The third kappa shape index (κ3) is 4.63. The zero-order valence-corrected chi connectivity index (χ0v) is 28.9. The Bertz CT molecular complexity index is 3000. The number of nitrogens with zero attached hydrogens (tertiary/aromatic N) is 4. The minimum absolute atomic E-state index is 0.354. The molecule has 11 rings (SSSR count). The van der Waals surface area contributed by atoms with Gasteiger partial charge in [0.1, 0.15) is 0 Å². The number of thiophene rings is 1. The predicted octanol–water partition coefficient (Wildman–Crippen LogP) is 12.0. The summed E-state index contributed by atoms with van der Waals surface area (Å²) in [7, 11) is 0. The maximum atomic E-state index is 5.18. The van der Waals surface area contributed by atoms with E-state index < -0.39 is 0 Å². The van der Waals surface area contributed by atoms with Crippen LogP contribution in [0.25, 0.3) is 87.8 Å². The van der Waals surface area contributed by atoms with Crippen molar-refractivity contribution < 1.29 is 0 Å². The summed E-state index contributed by atoms with van der Waals surface area (Å²) in [6.07, 6.45) is 12.3. The average Bonchev–Trinajstić information content (AvgIpc) is 3.75. The number of rotatable bonds is 4. The summed E-state index contributed by atoms with van der Waals surface area (Å²) in [5.41, 5.74) is 9.20. The fourth-order valence-corrected chi connectivity index (χ4v) is 9.19. The summed E-state index contributed by atoms with van der Waals surface area (Å²) < 4.78 is 5.01. The molecule has 52 heavy (non-hydrogen) atoms. The zero-order valence-electron chi connectivity index (χ0n) is 28.1. The summed E-state index contributed by atoms with van der Waals surface area (Å²) in [4.78, 5) is 15.4. The standard InChI is InChI=1S/C47H30N4S/c1-2-12-30(13-3-1)45-48-46(50-47(49-45)34-22-24-43-38(27-34)37-19-8-9-20-42(37)52-43)33-16-10-17-35(25-33)51-40-23-21-29-11-6-7-18-36(29)44(40)39-26-31-14-4-5-15-32(31)28-41(39)51/h1-27,32H,28H2. The molecule has 3 aromatic heterocycles. The second kappa shape index (κ2) is 11.6. The predicted molar refractivity (Wildman–Crippen MR) is 217 cm³/mol. The van der Waals surface area contributed by atoms with Gasteiger partial charge >= 0.3 is 0 Å². The summed E-state index contributed by atoms with van der Waals surface area (Å²) in [5.74, 6) is 2.33. The van der Waals surface area contributed by atoms with E-state index in [4.69, 9.17) is 15.0 Å². The topological polar surface area (TPSA) is 43.6 Å². The number of benzene rings is 6. The van der Waals surface area contributed by atoms with E-state index in [1.807, 2.05) is 29.5 Å². The number of fused-ring (bicyclic) bond motifs is 9. The first-order valence-corrected chi connectivity index (χ1v) is 18.5. The Kier molecular flexibility index (Phi) is 6.51. The first-order valence-electron chi connectivity index (χ1n) is 17.7. The summed E-state index contributed by atoms with van der Waals surface area (Å²) >= 11 is 1.82. The molecule has 0 saturated heterocycles. The van der Waals surface area contributed by atoms with Crippen molar-refractivity contribution in [3.8, 4) is 39.9 Å². The highest BCUT2D eigenvalue weighted by atomic mass is 32.1. The second-order valence-corrected chi connectivity index (χ2v) is 14.7. The van der Waals surface area contributed by atoms with Crippen LogP contribution in [0.2, 0.25) is 0 Å². The number of allylic oxidation sites excluding steroid dienone is 5. The second-order valence-electron chi connectivity index (χ2n) is 13.6. The van der Waals surface area contributed by atoms with Gasteiger partial charge in [0.15, 0.2) is 17.5 Å². The van der Waals surface area contributed by atoms with Gasteiger partial charge in [0, 0.05) is 65.1 Å². The minimum atomic E-state index is 0.354. The molecular weight excluding hydrogens is 653 g/mol. The molecule has 6 aromatic carbocycles. The summed E-state index contributed by atoms with van der Waals surface area (Å²) in [6, 6.07) is 47.4. The van der Waals surface area contributed by atoms with Crippen LogP contribution in [0.4, 0.5) is 0 Å². The van der Waals surface area contributed by atoms with Gasteiger partial charge in [-0.05, 0) is 71.3 Å². The number of hydrogen-bond donors (Lipinski definition) is 0.